The lowest BCUT2D eigenvalue weighted by molar-refractivity contribution is 0.193. The monoisotopic (exact) mass is 232 g/mol. The second-order valence-corrected chi connectivity index (χ2v) is 5.69. The van der Waals surface area contributed by atoms with Gasteiger partial charge >= 0.3 is 0 Å². The van der Waals surface area contributed by atoms with Crippen LogP contribution in [0.3, 0.4) is 0 Å². The number of benzene rings is 1. The molecule has 1 aliphatic carbocycles. The standard InChI is InChI=1S/C15H24N2/c1-13-4-6-14(7-5-13)12-17(2)11-10-15(16)8-3-9-15/h4-7H,3,8-12,16H2,1-2H3. The average molecular weight is 232 g/mol. The van der Waals surface area contributed by atoms with E-state index in [0.29, 0.717) is 0 Å². The first-order chi connectivity index (χ1) is 8.07. The minimum absolute atomic E-state index is 0.154. The predicted molar refractivity (Wildman–Crippen MR) is 72.9 cm³/mol. The predicted octanol–water partition coefficient (Wildman–Crippen LogP) is 2.70. The highest BCUT2D eigenvalue weighted by molar-refractivity contribution is 5.21. The summed E-state index contributed by atoms with van der Waals surface area (Å²) in [7, 11) is 2.18. The maximum atomic E-state index is 6.24. The summed E-state index contributed by atoms with van der Waals surface area (Å²) in [5.41, 5.74) is 9.10. The highest BCUT2D eigenvalue weighted by Crippen LogP contribution is 2.32. The molecule has 0 spiro atoms. The summed E-state index contributed by atoms with van der Waals surface area (Å²) in [4.78, 5) is 2.37. The van der Waals surface area contributed by atoms with Crippen molar-refractivity contribution in [3.05, 3.63) is 35.4 Å². The smallest absolute Gasteiger partial charge is 0.0230 e. The summed E-state index contributed by atoms with van der Waals surface area (Å²) in [6.07, 6.45) is 4.88. The van der Waals surface area contributed by atoms with E-state index >= 15 is 0 Å². The molecule has 1 aromatic rings. The van der Waals surface area contributed by atoms with Gasteiger partial charge in [-0.25, -0.2) is 0 Å². The molecule has 0 aliphatic heterocycles. The Hall–Kier alpha value is -0.860. The van der Waals surface area contributed by atoms with Crippen LogP contribution >= 0.6 is 0 Å². The van der Waals surface area contributed by atoms with Gasteiger partial charge in [0.15, 0.2) is 0 Å². The lowest BCUT2D eigenvalue weighted by Gasteiger charge is -2.39. The first-order valence-electron chi connectivity index (χ1n) is 6.60. The van der Waals surface area contributed by atoms with Gasteiger partial charge in [-0.2, -0.15) is 0 Å². The molecule has 0 saturated heterocycles. The van der Waals surface area contributed by atoms with Crippen LogP contribution in [-0.2, 0) is 6.54 Å². The second kappa shape index (κ2) is 5.19. The zero-order valence-electron chi connectivity index (χ0n) is 11.1. The fourth-order valence-corrected chi connectivity index (χ4v) is 2.38. The largest absolute Gasteiger partial charge is 0.325 e. The van der Waals surface area contributed by atoms with E-state index < -0.39 is 0 Å². The Morgan fingerprint density at radius 3 is 2.41 bits per heavy atom. The summed E-state index contributed by atoms with van der Waals surface area (Å²) in [6.45, 7) is 4.25. The summed E-state index contributed by atoms with van der Waals surface area (Å²) >= 11 is 0. The number of hydrogen-bond donors (Lipinski definition) is 1. The van der Waals surface area contributed by atoms with E-state index in [4.69, 9.17) is 5.73 Å². The molecular weight excluding hydrogens is 208 g/mol. The Kier molecular flexibility index (Phi) is 3.85. The van der Waals surface area contributed by atoms with E-state index in [1.54, 1.807) is 0 Å². The molecule has 1 aliphatic rings. The zero-order valence-corrected chi connectivity index (χ0v) is 11.1. The highest BCUT2D eigenvalue weighted by Gasteiger charge is 2.31. The Morgan fingerprint density at radius 2 is 1.88 bits per heavy atom. The van der Waals surface area contributed by atoms with Gasteiger partial charge < -0.3 is 10.6 Å². The van der Waals surface area contributed by atoms with Gasteiger partial charge in [0.2, 0.25) is 0 Å². The first-order valence-corrected chi connectivity index (χ1v) is 6.60. The average Bonchev–Trinajstić information content (AvgIpc) is 2.27. The minimum atomic E-state index is 0.154. The molecule has 2 heteroatoms. The van der Waals surface area contributed by atoms with Crippen LogP contribution in [0.15, 0.2) is 24.3 Å². The molecule has 1 aromatic carbocycles. The lowest BCUT2D eigenvalue weighted by Crippen LogP contribution is -2.48. The summed E-state index contributed by atoms with van der Waals surface area (Å²) in [5, 5.41) is 0. The van der Waals surface area contributed by atoms with Crippen molar-refractivity contribution in [2.24, 2.45) is 5.73 Å². The van der Waals surface area contributed by atoms with E-state index in [9.17, 15) is 0 Å². The highest BCUT2D eigenvalue weighted by atomic mass is 15.1. The van der Waals surface area contributed by atoms with Crippen LogP contribution in [0.2, 0.25) is 0 Å². The van der Waals surface area contributed by atoms with Gasteiger partial charge in [-0.15, -0.1) is 0 Å². The zero-order chi connectivity index (χ0) is 12.3. The Balaban J connectivity index is 1.76. The van der Waals surface area contributed by atoms with Gasteiger partial charge in [-0.3, -0.25) is 0 Å². The van der Waals surface area contributed by atoms with Gasteiger partial charge in [0, 0.05) is 12.1 Å². The van der Waals surface area contributed by atoms with Crippen molar-refractivity contribution in [1.82, 2.24) is 4.90 Å². The third-order valence-corrected chi connectivity index (χ3v) is 3.91. The van der Waals surface area contributed by atoms with E-state index in [1.807, 2.05) is 0 Å². The quantitative estimate of drug-likeness (QED) is 0.845. The molecule has 2 rings (SSSR count). The second-order valence-electron chi connectivity index (χ2n) is 5.69. The molecule has 0 heterocycles. The molecule has 2 nitrogen and oxygen atoms in total. The van der Waals surface area contributed by atoms with E-state index in [0.717, 1.165) is 19.5 Å². The van der Waals surface area contributed by atoms with Crippen LogP contribution in [0.1, 0.15) is 36.8 Å². The van der Waals surface area contributed by atoms with Crippen LogP contribution in [0.25, 0.3) is 0 Å². The fourth-order valence-electron chi connectivity index (χ4n) is 2.38. The molecule has 1 fully saturated rings. The Morgan fingerprint density at radius 1 is 1.24 bits per heavy atom. The minimum Gasteiger partial charge on any atom is -0.325 e. The van der Waals surface area contributed by atoms with Gasteiger partial charge in [0.1, 0.15) is 0 Å². The van der Waals surface area contributed by atoms with E-state index in [2.05, 4.69) is 43.1 Å². The van der Waals surface area contributed by atoms with Crippen LogP contribution in [0.5, 0.6) is 0 Å². The van der Waals surface area contributed by atoms with Crippen LogP contribution in [0, 0.1) is 6.92 Å². The molecule has 17 heavy (non-hydrogen) atoms. The van der Waals surface area contributed by atoms with Crippen LogP contribution in [-0.4, -0.2) is 24.0 Å². The number of aryl methyl sites for hydroxylation is 1. The summed E-state index contributed by atoms with van der Waals surface area (Å²) < 4.78 is 0. The normalized spacial score (nSPS) is 18.1. The van der Waals surface area contributed by atoms with E-state index in [1.165, 1.54) is 30.4 Å². The topological polar surface area (TPSA) is 29.3 Å². The molecule has 0 aromatic heterocycles. The first kappa shape index (κ1) is 12.6. The third kappa shape index (κ3) is 3.55. The van der Waals surface area contributed by atoms with Gasteiger partial charge in [0.05, 0.1) is 0 Å². The van der Waals surface area contributed by atoms with Crippen LogP contribution in [0.4, 0.5) is 0 Å². The van der Waals surface area contributed by atoms with Crippen molar-refractivity contribution in [2.75, 3.05) is 13.6 Å². The van der Waals surface area contributed by atoms with Crippen molar-refractivity contribution in [2.45, 2.75) is 44.7 Å². The molecule has 0 amide bonds. The molecule has 1 saturated carbocycles. The molecule has 0 unspecified atom stereocenters. The third-order valence-electron chi connectivity index (χ3n) is 3.91. The van der Waals surface area contributed by atoms with Gasteiger partial charge in [0.25, 0.3) is 0 Å². The molecular formula is C15H24N2. The molecule has 0 atom stereocenters. The van der Waals surface area contributed by atoms with Crippen molar-refractivity contribution in [3.8, 4) is 0 Å². The number of rotatable bonds is 5. The summed E-state index contributed by atoms with van der Waals surface area (Å²) in [6, 6.07) is 8.79. The Labute approximate surface area is 105 Å². The van der Waals surface area contributed by atoms with Crippen molar-refractivity contribution in [3.63, 3.8) is 0 Å². The van der Waals surface area contributed by atoms with Crippen molar-refractivity contribution in [1.29, 1.82) is 0 Å². The SMILES string of the molecule is Cc1ccc(CN(C)CCC2(N)CCC2)cc1. The van der Waals surface area contributed by atoms with Crippen molar-refractivity contribution >= 4 is 0 Å². The molecule has 2 N–H and O–H groups in total. The molecule has 0 radical (unpaired) electrons. The summed E-state index contributed by atoms with van der Waals surface area (Å²) in [5.74, 6) is 0. The van der Waals surface area contributed by atoms with Gasteiger partial charge in [-0.05, 0) is 51.8 Å². The lowest BCUT2D eigenvalue weighted by atomic mass is 9.75. The van der Waals surface area contributed by atoms with E-state index in [-0.39, 0.29) is 5.54 Å². The number of nitrogens with zero attached hydrogens (tertiary/aromatic N) is 1. The van der Waals surface area contributed by atoms with Crippen molar-refractivity contribution < 1.29 is 0 Å². The molecule has 94 valence electrons. The van der Waals surface area contributed by atoms with Gasteiger partial charge in [-0.1, -0.05) is 29.8 Å². The fraction of sp³-hybridized carbons (Fsp3) is 0.600. The molecule has 0 bridgehead atoms. The maximum Gasteiger partial charge on any atom is 0.0230 e. The van der Waals surface area contributed by atoms with Crippen LogP contribution < -0.4 is 5.73 Å². The number of nitrogens with two attached hydrogens (primary N) is 1. The maximum absolute atomic E-state index is 6.24. The Bertz CT molecular complexity index is 352. The number of hydrogen-bond acceptors (Lipinski definition) is 2.